The molecule has 0 unspecified atom stereocenters. The average Bonchev–Trinajstić information content (AvgIpc) is 3.18. The number of nitrogens with one attached hydrogen (secondary N) is 1. The lowest BCUT2D eigenvalue weighted by molar-refractivity contribution is 0.0735. The first-order valence-electron chi connectivity index (χ1n) is 9.81. The van der Waals surface area contributed by atoms with Crippen molar-refractivity contribution in [1.82, 2.24) is 9.88 Å². The summed E-state index contributed by atoms with van der Waals surface area (Å²) in [4.78, 5) is 32.9. The van der Waals surface area contributed by atoms with Gasteiger partial charge in [-0.15, -0.1) is 0 Å². The minimum Gasteiger partial charge on any atom is -0.459 e. The van der Waals surface area contributed by atoms with Crippen LogP contribution in [0.3, 0.4) is 0 Å². The van der Waals surface area contributed by atoms with Crippen LogP contribution in [-0.4, -0.2) is 47.9 Å². The van der Waals surface area contributed by atoms with Gasteiger partial charge in [0.15, 0.2) is 5.76 Å². The van der Waals surface area contributed by atoms with Crippen molar-refractivity contribution in [2.45, 2.75) is 6.42 Å². The number of benzene rings is 1. The van der Waals surface area contributed by atoms with Gasteiger partial charge in [-0.1, -0.05) is 0 Å². The standard InChI is InChI=1S/C22H20F2N4O3/c23-16-11-15(12-17(24)13-16)21(29)26-18-4-5-20(25-14-18)27-6-2-7-28(9-8-27)22(30)19-3-1-10-31-19/h1,3-5,10-14H,2,6-9H2,(H,26,29). The Kier molecular flexibility index (Phi) is 5.92. The first kappa shape index (κ1) is 20.5. The molecule has 0 atom stereocenters. The van der Waals surface area contributed by atoms with E-state index in [1.807, 2.05) is 0 Å². The highest BCUT2D eigenvalue weighted by Crippen LogP contribution is 2.18. The fourth-order valence-corrected chi connectivity index (χ4v) is 3.44. The van der Waals surface area contributed by atoms with E-state index in [0.29, 0.717) is 43.0 Å². The summed E-state index contributed by atoms with van der Waals surface area (Å²) in [5.74, 6) is -1.37. The number of amides is 2. The molecule has 31 heavy (non-hydrogen) atoms. The van der Waals surface area contributed by atoms with Gasteiger partial charge in [-0.3, -0.25) is 9.59 Å². The molecule has 0 bridgehead atoms. The van der Waals surface area contributed by atoms with Crippen LogP contribution in [0.4, 0.5) is 20.3 Å². The first-order valence-corrected chi connectivity index (χ1v) is 9.81. The Morgan fingerprint density at radius 3 is 2.48 bits per heavy atom. The molecule has 7 nitrogen and oxygen atoms in total. The maximum absolute atomic E-state index is 13.3. The van der Waals surface area contributed by atoms with Crippen molar-refractivity contribution in [3.05, 3.63) is 77.9 Å². The summed E-state index contributed by atoms with van der Waals surface area (Å²) in [6.45, 7) is 2.48. The van der Waals surface area contributed by atoms with Crippen LogP contribution >= 0.6 is 0 Å². The number of rotatable bonds is 4. The molecule has 3 aromatic rings. The highest BCUT2D eigenvalue weighted by Gasteiger charge is 2.22. The van der Waals surface area contributed by atoms with E-state index in [9.17, 15) is 18.4 Å². The summed E-state index contributed by atoms with van der Waals surface area (Å²) in [7, 11) is 0. The predicted molar refractivity (Wildman–Crippen MR) is 110 cm³/mol. The molecule has 9 heteroatoms. The van der Waals surface area contributed by atoms with Crippen molar-refractivity contribution in [1.29, 1.82) is 0 Å². The number of hydrogen-bond acceptors (Lipinski definition) is 5. The lowest BCUT2D eigenvalue weighted by atomic mass is 10.2. The molecule has 2 aromatic heterocycles. The molecule has 1 aliphatic rings. The van der Waals surface area contributed by atoms with Crippen molar-refractivity contribution >= 4 is 23.3 Å². The zero-order chi connectivity index (χ0) is 21.8. The molecule has 1 N–H and O–H groups in total. The highest BCUT2D eigenvalue weighted by molar-refractivity contribution is 6.04. The molecular weight excluding hydrogens is 406 g/mol. The van der Waals surface area contributed by atoms with Gasteiger partial charge in [0.25, 0.3) is 11.8 Å². The summed E-state index contributed by atoms with van der Waals surface area (Å²) in [5, 5.41) is 2.58. The highest BCUT2D eigenvalue weighted by atomic mass is 19.1. The van der Waals surface area contributed by atoms with E-state index >= 15 is 0 Å². The molecule has 2 amide bonds. The topological polar surface area (TPSA) is 78.7 Å². The van der Waals surface area contributed by atoms with E-state index in [0.717, 1.165) is 25.1 Å². The number of carbonyl (C=O) groups is 2. The molecule has 0 aliphatic carbocycles. The Labute approximate surface area is 177 Å². The normalized spacial score (nSPS) is 14.3. The third-order valence-electron chi connectivity index (χ3n) is 4.97. The molecule has 0 radical (unpaired) electrons. The van der Waals surface area contributed by atoms with E-state index < -0.39 is 17.5 Å². The number of furan rings is 1. The van der Waals surface area contributed by atoms with Gasteiger partial charge in [0.2, 0.25) is 0 Å². The van der Waals surface area contributed by atoms with Gasteiger partial charge < -0.3 is 19.5 Å². The third kappa shape index (κ3) is 4.88. The maximum atomic E-state index is 13.3. The Morgan fingerprint density at radius 1 is 1.00 bits per heavy atom. The molecule has 4 rings (SSSR count). The second kappa shape index (κ2) is 8.95. The second-order valence-electron chi connectivity index (χ2n) is 7.13. The number of aromatic nitrogens is 1. The van der Waals surface area contributed by atoms with E-state index in [1.165, 1.54) is 12.5 Å². The minimum absolute atomic E-state index is 0.115. The number of hydrogen-bond donors (Lipinski definition) is 1. The van der Waals surface area contributed by atoms with Crippen LogP contribution in [0.15, 0.2) is 59.3 Å². The van der Waals surface area contributed by atoms with Crippen LogP contribution in [0.25, 0.3) is 0 Å². The van der Waals surface area contributed by atoms with Crippen molar-refractivity contribution in [3.63, 3.8) is 0 Å². The van der Waals surface area contributed by atoms with Gasteiger partial charge in [-0.2, -0.15) is 0 Å². The molecule has 3 heterocycles. The average molecular weight is 426 g/mol. The Bertz CT molecular complexity index is 1050. The van der Waals surface area contributed by atoms with E-state index in [2.05, 4.69) is 15.2 Å². The quantitative estimate of drug-likeness (QED) is 0.690. The number of anilines is 2. The van der Waals surface area contributed by atoms with Crippen LogP contribution in [0.2, 0.25) is 0 Å². The summed E-state index contributed by atoms with van der Waals surface area (Å²) in [6.07, 6.45) is 3.74. The second-order valence-corrected chi connectivity index (χ2v) is 7.13. The van der Waals surface area contributed by atoms with E-state index in [-0.39, 0.29) is 11.5 Å². The number of halogens is 2. The molecule has 1 saturated heterocycles. The molecule has 1 fully saturated rings. The smallest absolute Gasteiger partial charge is 0.289 e. The summed E-state index contributed by atoms with van der Waals surface area (Å²) < 4.78 is 31.8. The summed E-state index contributed by atoms with van der Waals surface area (Å²) in [6, 6.07) is 9.40. The predicted octanol–water partition coefficient (Wildman–Crippen LogP) is 3.56. The first-order chi connectivity index (χ1) is 15.0. The SMILES string of the molecule is O=C(Nc1ccc(N2CCCN(C(=O)c3ccco3)CC2)nc1)c1cc(F)cc(F)c1. The Balaban J connectivity index is 1.37. The van der Waals surface area contributed by atoms with Gasteiger partial charge in [-0.05, 0) is 42.8 Å². The minimum atomic E-state index is -0.820. The van der Waals surface area contributed by atoms with Crippen molar-refractivity contribution < 1.29 is 22.8 Å². The monoisotopic (exact) mass is 426 g/mol. The lowest BCUT2D eigenvalue weighted by Crippen LogP contribution is -2.35. The van der Waals surface area contributed by atoms with Crippen LogP contribution in [-0.2, 0) is 0 Å². The molecule has 1 aliphatic heterocycles. The molecular formula is C22H20F2N4O3. The van der Waals surface area contributed by atoms with Crippen LogP contribution in [0.5, 0.6) is 0 Å². The largest absolute Gasteiger partial charge is 0.459 e. The number of nitrogens with zero attached hydrogens (tertiary/aromatic N) is 3. The van der Waals surface area contributed by atoms with Gasteiger partial charge >= 0.3 is 0 Å². The van der Waals surface area contributed by atoms with Crippen molar-refractivity contribution in [3.8, 4) is 0 Å². The third-order valence-corrected chi connectivity index (χ3v) is 4.97. The van der Waals surface area contributed by atoms with Crippen LogP contribution in [0.1, 0.15) is 27.3 Å². The molecule has 1 aromatic carbocycles. The lowest BCUT2D eigenvalue weighted by Gasteiger charge is -2.22. The van der Waals surface area contributed by atoms with Crippen LogP contribution in [0, 0.1) is 11.6 Å². The van der Waals surface area contributed by atoms with Gasteiger partial charge in [0, 0.05) is 37.8 Å². The van der Waals surface area contributed by atoms with Crippen molar-refractivity contribution in [2.24, 2.45) is 0 Å². The molecule has 0 spiro atoms. The molecule has 0 saturated carbocycles. The number of pyridine rings is 1. The zero-order valence-corrected chi connectivity index (χ0v) is 16.6. The summed E-state index contributed by atoms with van der Waals surface area (Å²) in [5.41, 5.74) is 0.290. The number of carbonyl (C=O) groups excluding carboxylic acids is 2. The van der Waals surface area contributed by atoms with Crippen LogP contribution < -0.4 is 10.2 Å². The zero-order valence-electron chi connectivity index (χ0n) is 16.6. The van der Waals surface area contributed by atoms with Gasteiger partial charge in [0.05, 0.1) is 18.1 Å². The Hall–Kier alpha value is -3.75. The molecule has 160 valence electrons. The maximum Gasteiger partial charge on any atom is 0.289 e. The van der Waals surface area contributed by atoms with Crippen molar-refractivity contribution in [2.75, 3.05) is 36.4 Å². The summed E-state index contributed by atoms with van der Waals surface area (Å²) >= 11 is 0. The fourth-order valence-electron chi connectivity index (χ4n) is 3.44. The fraction of sp³-hybridized carbons (Fsp3) is 0.227. The van der Waals surface area contributed by atoms with Gasteiger partial charge in [0.1, 0.15) is 17.5 Å². The Morgan fingerprint density at radius 2 is 1.81 bits per heavy atom. The van der Waals surface area contributed by atoms with E-state index in [1.54, 1.807) is 29.2 Å². The van der Waals surface area contributed by atoms with E-state index in [4.69, 9.17) is 4.42 Å². The van der Waals surface area contributed by atoms with Gasteiger partial charge in [-0.25, -0.2) is 13.8 Å².